The summed E-state index contributed by atoms with van der Waals surface area (Å²) in [5.41, 5.74) is 8.01. The summed E-state index contributed by atoms with van der Waals surface area (Å²) in [4.78, 5) is 6.45. The number of hydrogen-bond donors (Lipinski definition) is 1. The Hall–Kier alpha value is -0.790. The van der Waals surface area contributed by atoms with E-state index in [9.17, 15) is 0 Å². The fourth-order valence-electron chi connectivity index (χ4n) is 1.73. The number of rotatable bonds is 3. The van der Waals surface area contributed by atoms with E-state index in [2.05, 4.69) is 15.0 Å². The maximum absolute atomic E-state index is 5.91. The number of aliphatic imine (C=N–C) groups is 1. The molecular formula is C11H20IN5. The molecule has 1 aromatic rings. The number of aromatic nitrogens is 2. The number of nitrogens with zero attached hydrogens (tertiary/aromatic N) is 4. The first-order chi connectivity index (χ1) is 7.58. The topological polar surface area (TPSA) is 59.4 Å². The first kappa shape index (κ1) is 14.3. The van der Waals surface area contributed by atoms with Gasteiger partial charge in [0.05, 0.1) is 17.9 Å². The summed E-state index contributed by atoms with van der Waals surface area (Å²) in [6, 6.07) is 2.64. The lowest BCUT2D eigenvalue weighted by molar-refractivity contribution is 0.486. The van der Waals surface area contributed by atoms with Crippen molar-refractivity contribution >= 4 is 29.9 Å². The number of aryl methyl sites for hydroxylation is 2. The van der Waals surface area contributed by atoms with Crippen LogP contribution in [-0.2, 0) is 13.6 Å². The van der Waals surface area contributed by atoms with Gasteiger partial charge in [-0.15, -0.1) is 24.0 Å². The van der Waals surface area contributed by atoms with Gasteiger partial charge in [0, 0.05) is 20.1 Å². The van der Waals surface area contributed by atoms with Crippen molar-refractivity contribution in [1.82, 2.24) is 14.7 Å². The zero-order chi connectivity index (χ0) is 11.7. The molecule has 1 aliphatic rings. The van der Waals surface area contributed by atoms with Gasteiger partial charge in [0.25, 0.3) is 0 Å². The fraction of sp³-hybridized carbons (Fsp3) is 0.636. The standard InChI is InChI=1S/C11H19N5.HI/c1-8-6-10(16(3)14-8)7-13-11(12)15(2)9-4-5-9;/h6,9H,4-5,7H2,1-3H3,(H2,12,13);1H. The van der Waals surface area contributed by atoms with Crippen LogP contribution in [0.4, 0.5) is 0 Å². The van der Waals surface area contributed by atoms with Gasteiger partial charge < -0.3 is 10.6 Å². The smallest absolute Gasteiger partial charge is 0.191 e. The molecule has 0 spiro atoms. The lowest BCUT2D eigenvalue weighted by Crippen LogP contribution is -2.35. The van der Waals surface area contributed by atoms with Gasteiger partial charge in [-0.25, -0.2) is 4.99 Å². The summed E-state index contributed by atoms with van der Waals surface area (Å²) in [7, 11) is 3.93. The number of halogens is 1. The molecule has 17 heavy (non-hydrogen) atoms. The highest BCUT2D eigenvalue weighted by Crippen LogP contribution is 2.24. The minimum atomic E-state index is 0. The molecule has 6 heteroatoms. The summed E-state index contributed by atoms with van der Waals surface area (Å²) in [6.07, 6.45) is 2.47. The van der Waals surface area contributed by atoms with Crippen LogP contribution in [0.5, 0.6) is 0 Å². The average Bonchev–Trinajstić information content (AvgIpc) is 3.01. The molecule has 96 valence electrons. The molecule has 0 aromatic carbocycles. The van der Waals surface area contributed by atoms with E-state index in [0.29, 0.717) is 18.5 Å². The minimum Gasteiger partial charge on any atom is -0.370 e. The van der Waals surface area contributed by atoms with E-state index < -0.39 is 0 Å². The van der Waals surface area contributed by atoms with Gasteiger partial charge in [0.1, 0.15) is 0 Å². The van der Waals surface area contributed by atoms with Crippen LogP contribution in [0.15, 0.2) is 11.1 Å². The van der Waals surface area contributed by atoms with Gasteiger partial charge in [-0.05, 0) is 25.8 Å². The highest BCUT2D eigenvalue weighted by Gasteiger charge is 2.27. The maximum atomic E-state index is 5.91. The third-order valence-electron chi connectivity index (χ3n) is 2.96. The van der Waals surface area contributed by atoms with Crippen LogP contribution in [0.2, 0.25) is 0 Å². The summed E-state index contributed by atoms with van der Waals surface area (Å²) in [5.74, 6) is 0.626. The molecule has 1 heterocycles. The quantitative estimate of drug-likeness (QED) is 0.508. The average molecular weight is 349 g/mol. The molecule has 0 radical (unpaired) electrons. The Morgan fingerprint density at radius 1 is 1.65 bits per heavy atom. The van der Waals surface area contributed by atoms with Crippen LogP contribution in [-0.4, -0.2) is 33.7 Å². The third-order valence-corrected chi connectivity index (χ3v) is 2.96. The van der Waals surface area contributed by atoms with Crippen LogP contribution in [0.1, 0.15) is 24.2 Å². The summed E-state index contributed by atoms with van der Waals surface area (Å²) in [5, 5.41) is 4.27. The normalized spacial score (nSPS) is 15.6. The Labute approximate surface area is 119 Å². The number of guanidine groups is 1. The van der Waals surface area contributed by atoms with Crippen molar-refractivity contribution in [2.45, 2.75) is 32.4 Å². The van der Waals surface area contributed by atoms with E-state index in [4.69, 9.17) is 5.73 Å². The second-order valence-corrected chi connectivity index (χ2v) is 4.42. The van der Waals surface area contributed by atoms with Gasteiger partial charge >= 0.3 is 0 Å². The van der Waals surface area contributed by atoms with Gasteiger partial charge in [0.2, 0.25) is 0 Å². The van der Waals surface area contributed by atoms with Crippen molar-refractivity contribution < 1.29 is 0 Å². The third kappa shape index (κ3) is 3.58. The van der Waals surface area contributed by atoms with Crippen molar-refractivity contribution in [1.29, 1.82) is 0 Å². The monoisotopic (exact) mass is 349 g/mol. The fourth-order valence-corrected chi connectivity index (χ4v) is 1.73. The molecule has 1 aromatic heterocycles. The summed E-state index contributed by atoms with van der Waals surface area (Å²) in [6.45, 7) is 2.58. The molecule has 0 atom stereocenters. The molecule has 0 bridgehead atoms. The van der Waals surface area contributed by atoms with Crippen LogP contribution in [0, 0.1) is 6.92 Å². The second-order valence-electron chi connectivity index (χ2n) is 4.42. The van der Waals surface area contributed by atoms with Gasteiger partial charge in [-0.2, -0.15) is 5.10 Å². The van der Waals surface area contributed by atoms with Crippen LogP contribution < -0.4 is 5.73 Å². The Bertz CT molecular complexity index is 408. The zero-order valence-electron chi connectivity index (χ0n) is 10.6. The largest absolute Gasteiger partial charge is 0.370 e. The van der Waals surface area contributed by atoms with E-state index in [1.54, 1.807) is 0 Å². The lowest BCUT2D eigenvalue weighted by atomic mass is 10.4. The SMILES string of the molecule is Cc1cc(CN=C(N)N(C)C2CC2)n(C)n1.I. The van der Waals surface area contributed by atoms with E-state index in [-0.39, 0.29) is 24.0 Å². The molecule has 0 amide bonds. The predicted octanol–water partition coefficient (Wildman–Crippen LogP) is 1.26. The van der Waals surface area contributed by atoms with Crippen LogP contribution >= 0.6 is 24.0 Å². The van der Waals surface area contributed by atoms with Crippen LogP contribution in [0.3, 0.4) is 0 Å². The molecule has 2 rings (SSSR count). The van der Waals surface area contributed by atoms with Crippen molar-refractivity contribution in [2.75, 3.05) is 7.05 Å². The van der Waals surface area contributed by atoms with Gasteiger partial charge in [0.15, 0.2) is 5.96 Å². The Balaban J connectivity index is 0.00000144. The van der Waals surface area contributed by atoms with Gasteiger partial charge in [-0.1, -0.05) is 0 Å². The van der Waals surface area contributed by atoms with E-state index in [1.807, 2.05) is 31.8 Å². The maximum Gasteiger partial charge on any atom is 0.191 e. The van der Waals surface area contributed by atoms with Crippen molar-refractivity contribution in [3.8, 4) is 0 Å². The molecule has 1 saturated carbocycles. The van der Waals surface area contributed by atoms with Crippen molar-refractivity contribution in [2.24, 2.45) is 17.8 Å². The zero-order valence-corrected chi connectivity index (χ0v) is 12.9. The van der Waals surface area contributed by atoms with E-state index >= 15 is 0 Å². The molecule has 2 N–H and O–H groups in total. The van der Waals surface area contributed by atoms with E-state index in [1.165, 1.54) is 12.8 Å². The van der Waals surface area contributed by atoms with E-state index in [0.717, 1.165) is 11.4 Å². The highest BCUT2D eigenvalue weighted by atomic mass is 127. The minimum absolute atomic E-state index is 0. The Morgan fingerprint density at radius 2 is 2.29 bits per heavy atom. The highest BCUT2D eigenvalue weighted by molar-refractivity contribution is 14.0. The summed E-state index contributed by atoms with van der Waals surface area (Å²) < 4.78 is 1.85. The summed E-state index contributed by atoms with van der Waals surface area (Å²) >= 11 is 0. The molecule has 5 nitrogen and oxygen atoms in total. The first-order valence-electron chi connectivity index (χ1n) is 5.60. The molecule has 1 fully saturated rings. The predicted molar refractivity (Wildman–Crippen MR) is 79.5 cm³/mol. The lowest BCUT2D eigenvalue weighted by Gasteiger charge is -2.16. The molecular weight excluding hydrogens is 329 g/mol. The van der Waals surface area contributed by atoms with Crippen molar-refractivity contribution in [3.05, 3.63) is 17.5 Å². The molecule has 0 aliphatic heterocycles. The number of hydrogen-bond acceptors (Lipinski definition) is 2. The second kappa shape index (κ2) is 5.70. The molecule has 0 unspecified atom stereocenters. The van der Waals surface area contributed by atoms with Gasteiger partial charge in [-0.3, -0.25) is 4.68 Å². The first-order valence-corrected chi connectivity index (χ1v) is 5.60. The van der Waals surface area contributed by atoms with Crippen LogP contribution in [0.25, 0.3) is 0 Å². The number of nitrogens with two attached hydrogens (primary N) is 1. The molecule has 1 aliphatic carbocycles. The molecule has 0 saturated heterocycles. The Kier molecular flexibility index (Phi) is 4.79. The Morgan fingerprint density at radius 3 is 2.76 bits per heavy atom. The van der Waals surface area contributed by atoms with Crippen molar-refractivity contribution in [3.63, 3.8) is 0 Å².